The van der Waals surface area contributed by atoms with Gasteiger partial charge in [0.2, 0.25) is 0 Å². The van der Waals surface area contributed by atoms with Crippen molar-refractivity contribution in [3.8, 4) is 0 Å². The average Bonchev–Trinajstić information content (AvgIpc) is 2.62. The summed E-state index contributed by atoms with van der Waals surface area (Å²) in [4.78, 5) is 0. The van der Waals surface area contributed by atoms with Crippen LogP contribution in [0.5, 0.6) is 0 Å². The molecule has 0 aromatic carbocycles. The molecule has 2 heterocycles. The Morgan fingerprint density at radius 3 is 2.85 bits per heavy atom. The molecule has 3 nitrogen and oxygen atoms in total. The largest absolute Gasteiger partial charge is 0.381 e. The van der Waals surface area contributed by atoms with Gasteiger partial charge in [-0.3, -0.25) is 0 Å². The van der Waals surface area contributed by atoms with Gasteiger partial charge in [0.15, 0.2) is 5.15 Å². The second-order valence-electron chi connectivity index (χ2n) is 2.97. The second-order valence-corrected chi connectivity index (χ2v) is 3.73. The van der Waals surface area contributed by atoms with Crippen molar-refractivity contribution in [3.63, 3.8) is 0 Å². The molecule has 0 N–H and O–H groups in total. The smallest absolute Gasteiger partial charge is 0.170 e. The van der Waals surface area contributed by atoms with Crippen molar-refractivity contribution in [3.05, 3.63) is 21.9 Å². The van der Waals surface area contributed by atoms with Crippen LogP contribution in [0.15, 0.2) is 6.07 Å². The van der Waals surface area contributed by atoms with E-state index in [0.29, 0.717) is 17.5 Å². The number of nitrogens with zero attached hydrogens (tertiary/aromatic N) is 2. The maximum Gasteiger partial charge on any atom is 0.170 e. The van der Waals surface area contributed by atoms with Crippen molar-refractivity contribution < 1.29 is 4.74 Å². The Bertz CT molecular complexity index is 313. The Balaban J connectivity index is 2.25. The van der Waals surface area contributed by atoms with Crippen molar-refractivity contribution in [2.75, 3.05) is 13.2 Å². The Kier molecular flexibility index (Phi) is 2.67. The molecule has 0 amide bonds. The SMILES string of the molecule is Clc1cc(C2CCOC2)nnc1Cl. The molecule has 70 valence electrons. The number of halogens is 2. The summed E-state index contributed by atoms with van der Waals surface area (Å²) >= 11 is 11.5. The van der Waals surface area contributed by atoms with Gasteiger partial charge in [-0.15, -0.1) is 5.10 Å². The van der Waals surface area contributed by atoms with Gasteiger partial charge in [-0.2, -0.15) is 5.10 Å². The molecule has 5 heteroatoms. The quantitative estimate of drug-likeness (QED) is 0.726. The molecule has 1 aliphatic rings. The van der Waals surface area contributed by atoms with Crippen LogP contribution in [-0.2, 0) is 4.74 Å². The third-order valence-electron chi connectivity index (χ3n) is 2.07. The van der Waals surface area contributed by atoms with Gasteiger partial charge >= 0.3 is 0 Å². The van der Waals surface area contributed by atoms with Gasteiger partial charge < -0.3 is 4.74 Å². The second kappa shape index (κ2) is 3.78. The monoisotopic (exact) mass is 218 g/mol. The maximum atomic E-state index is 5.82. The lowest BCUT2D eigenvalue weighted by Crippen LogP contribution is -2.02. The normalized spacial score (nSPS) is 22.2. The van der Waals surface area contributed by atoms with Crippen molar-refractivity contribution in [2.45, 2.75) is 12.3 Å². The van der Waals surface area contributed by atoms with Gasteiger partial charge in [-0.1, -0.05) is 23.2 Å². The minimum absolute atomic E-state index is 0.254. The maximum absolute atomic E-state index is 5.82. The lowest BCUT2D eigenvalue weighted by Gasteiger charge is -2.05. The molecule has 0 radical (unpaired) electrons. The molecule has 1 atom stereocenters. The fourth-order valence-corrected chi connectivity index (χ4v) is 1.58. The highest BCUT2D eigenvalue weighted by molar-refractivity contribution is 6.41. The number of hydrogen-bond acceptors (Lipinski definition) is 3. The van der Waals surface area contributed by atoms with E-state index in [9.17, 15) is 0 Å². The van der Waals surface area contributed by atoms with Gasteiger partial charge in [0.1, 0.15) is 0 Å². The van der Waals surface area contributed by atoms with Crippen molar-refractivity contribution in [1.29, 1.82) is 0 Å². The van der Waals surface area contributed by atoms with E-state index in [1.165, 1.54) is 0 Å². The summed E-state index contributed by atoms with van der Waals surface area (Å²) in [5.41, 5.74) is 0.868. The fraction of sp³-hybridized carbons (Fsp3) is 0.500. The third kappa shape index (κ3) is 1.93. The van der Waals surface area contributed by atoms with Crippen LogP contribution in [0.3, 0.4) is 0 Å². The zero-order valence-corrected chi connectivity index (χ0v) is 8.35. The Labute approximate surface area is 86.0 Å². The molecule has 0 aliphatic carbocycles. The average molecular weight is 219 g/mol. The number of rotatable bonds is 1. The minimum Gasteiger partial charge on any atom is -0.381 e. The lowest BCUT2D eigenvalue weighted by atomic mass is 10.1. The standard InChI is InChI=1S/C8H8Cl2N2O/c9-6-3-7(11-12-8(6)10)5-1-2-13-4-5/h3,5H,1-2,4H2. The Morgan fingerprint density at radius 1 is 1.38 bits per heavy atom. The first-order valence-electron chi connectivity index (χ1n) is 4.04. The van der Waals surface area contributed by atoms with Crippen LogP contribution in [0.2, 0.25) is 10.2 Å². The van der Waals surface area contributed by atoms with Crippen LogP contribution in [0.1, 0.15) is 18.0 Å². The van der Waals surface area contributed by atoms with Crippen molar-refractivity contribution in [1.82, 2.24) is 10.2 Å². The molecule has 1 fully saturated rings. The first-order valence-corrected chi connectivity index (χ1v) is 4.79. The van der Waals surface area contributed by atoms with E-state index in [4.69, 9.17) is 27.9 Å². The Hall–Kier alpha value is -0.380. The molecule has 13 heavy (non-hydrogen) atoms. The summed E-state index contributed by atoms with van der Waals surface area (Å²) in [7, 11) is 0. The molecule has 0 spiro atoms. The van der Waals surface area contributed by atoms with Crippen LogP contribution in [0.25, 0.3) is 0 Å². The number of hydrogen-bond donors (Lipinski definition) is 0. The summed E-state index contributed by atoms with van der Waals surface area (Å²) in [6.45, 7) is 1.49. The molecule has 2 rings (SSSR count). The first-order chi connectivity index (χ1) is 6.27. The Morgan fingerprint density at radius 2 is 2.23 bits per heavy atom. The van der Waals surface area contributed by atoms with Crippen LogP contribution < -0.4 is 0 Å². The minimum atomic E-state index is 0.254. The van der Waals surface area contributed by atoms with Crippen molar-refractivity contribution in [2.24, 2.45) is 0 Å². The lowest BCUT2D eigenvalue weighted by molar-refractivity contribution is 0.193. The molecule has 1 aromatic heterocycles. The zero-order valence-electron chi connectivity index (χ0n) is 6.83. The molecule has 1 saturated heterocycles. The molecule has 1 aromatic rings. The predicted octanol–water partition coefficient (Wildman–Crippen LogP) is 2.29. The first kappa shape index (κ1) is 9.19. The van der Waals surface area contributed by atoms with Gasteiger partial charge in [0.25, 0.3) is 0 Å². The zero-order chi connectivity index (χ0) is 9.26. The number of ether oxygens (including phenoxy) is 1. The van der Waals surface area contributed by atoms with E-state index < -0.39 is 0 Å². The summed E-state index contributed by atoms with van der Waals surface area (Å²) in [5.74, 6) is 0.322. The summed E-state index contributed by atoms with van der Waals surface area (Å²) in [6, 6.07) is 1.76. The van der Waals surface area contributed by atoms with E-state index >= 15 is 0 Å². The predicted molar refractivity (Wildman–Crippen MR) is 50.2 cm³/mol. The van der Waals surface area contributed by atoms with Crippen LogP contribution in [0, 0.1) is 0 Å². The van der Waals surface area contributed by atoms with Crippen LogP contribution in [-0.4, -0.2) is 23.4 Å². The van der Waals surface area contributed by atoms with Gasteiger partial charge in [0.05, 0.1) is 17.3 Å². The van der Waals surface area contributed by atoms with Crippen molar-refractivity contribution >= 4 is 23.2 Å². The van der Waals surface area contributed by atoms with E-state index in [1.807, 2.05) is 0 Å². The summed E-state index contributed by atoms with van der Waals surface area (Å²) in [5, 5.41) is 8.44. The molecular formula is C8H8Cl2N2O. The third-order valence-corrected chi connectivity index (χ3v) is 2.74. The summed E-state index contributed by atoms with van der Waals surface area (Å²) < 4.78 is 5.24. The molecule has 0 bridgehead atoms. The van der Waals surface area contributed by atoms with E-state index in [2.05, 4.69) is 10.2 Å². The van der Waals surface area contributed by atoms with Gasteiger partial charge in [-0.05, 0) is 12.5 Å². The highest BCUT2D eigenvalue weighted by Crippen LogP contribution is 2.27. The summed E-state index contributed by atoms with van der Waals surface area (Å²) in [6.07, 6.45) is 0.979. The number of aromatic nitrogens is 2. The molecule has 1 aliphatic heterocycles. The highest BCUT2D eigenvalue weighted by Gasteiger charge is 2.20. The van der Waals surface area contributed by atoms with E-state index in [-0.39, 0.29) is 5.15 Å². The van der Waals surface area contributed by atoms with E-state index in [0.717, 1.165) is 18.7 Å². The topological polar surface area (TPSA) is 35.0 Å². The molecule has 1 unspecified atom stereocenters. The van der Waals surface area contributed by atoms with Crippen LogP contribution in [0.4, 0.5) is 0 Å². The van der Waals surface area contributed by atoms with Gasteiger partial charge in [-0.25, -0.2) is 0 Å². The van der Waals surface area contributed by atoms with E-state index in [1.54, 1.807) is 6.07 Å². The fourth-order valence-electron chi connectivity index (χ4n) is 1.33. The molecule has 0 saturated carbocycles. The highest BCUT2D eigenvalue weighted by atomic mass is 35.5. The van der Waals surface area contributed by atoms with Crippen LogP contribution >= 0.6 is 23.2 Å². The molecular weight excluding hydrogens is 211 g/mol. The van der Waals surface area contributed by atoms with Gasteiger partial charge in [0, 0.05) is 12.5 Å².